The summed E-state index contributed by atoms with van der Waals surface area (Å²) in [6.07, 6.45) is -0.778. The molecule has 0 aliphatic carbocycles. The van der Waals surface area contributed by atoms with E-state index < -0.39 is 24.8 Å². The van der Waals surface area contributed by atoms with Crippen molar-refractivity contribution >= 4 is 17.6 Å². The van der Waals surface area contributed by atoms with Gasteiger partial charge in [0.1, 0.15) is 18.0 Å². The minimum atomic E-state index is -4.33. The van der Waals surface area contributed by atoms with Gasteiger partial charge < -0.3 is 14.5 Å². The summed E-state index contributed by atoms with van der Waals surface area (Å²) in [4.78, 5) is 23.8. The Kier molecular flexibility index (Phi) is 9.39. The first-order valence-electron chi connectivity index (χ1n) is 11.2. The summed E-state index contributed by atoms with van der Waals surface area (Å²) in [6.45, 7) is 2.67. The Hall–Kier alpha value is -3.24. The van der Waals surface area contributed by atoms with Crippen LogP contribution in [0, 0.1) is 0 Å². The molecule has 2 aromatic heterocycles. The number of pyridine rings is 1. The van der Waals surface area contributed by atoms with Crippen molar-refractivity contribution in [1.82, 2.24) is 14.3 Å². The molecule has 1 aromatic carbocycles. The molecule has 35 heavy (non-hydrogen) atoms. The summed E-state index contributed by atoms with van der Waals surface area (Å²) in [6, 6.07) is 10.9. The highest BCUT2D eigenvalue weighted by molar-refractivity contribution is 5.82. The van der Waals surface area contributed by atoms with E-state index in [1.165, 1.54) is 0 Å². The van der Waals surface area contributed by atoms with E-state index in [1.807, 2.05) is 41.9 Å². The van der Waals surface area contributed by atoms with Gasteiger partial charge in [-0.1, -0.05) is 23.4 Å². The second kappa shape index (κ2) is 12.5. The number of ketones is 1. The van der Waals surface area contributed by atoms with Crippen molar-refractivity contribution in [3.05, 3.63) is 59.9 Å². The molecule has 3 aromatic rings. The highest BCUT2D eigenvalue weighted by Crippen LogP contribution is 2.24. The van der Waals surface area contributed by atoms with Crippen LogP contribution in [0.1, 0.15) is 24.0 Å². The SMILES string of the molecule is COCCN(C)CCO/N=C\c1ccn2c(-c3cccc(CC(=O)CCC(F)(F)F)c3)cnc2c1. The maximum Gasteiger partial charge on any atom is 0.389 e. The van der Waals surface area contributed by atoms with Crippen molar-refractivity contribution in [2.45, 2.75) is 25.4 Å². The zero-order chi connectivity index (χ0) is 25.3. The molecule has 0 saturated carbocycles. The van der Waals surface area contributed by atoms with Crippen LogP contribution in [-0.2, 0) is 20.8 Å². The summed E-state index contributed by atoms with van der Waals surface area (Å²) in [5.41, 5.74) is 3.82. The fraction of sp³-hybridized carbons (Fsp3) is 0.400. The van der Waals surface area contributed by atoms with Crippen LogP contribution in [0.15, 0.2) is 53.9 Å². The van der Waals surface area contributed by atoms with Gasteiger partial charge in [-0.3, -0.25) is 9.20 Å². The number of rotatable bonds is 13. The second-order valence-corrected chi connectivity index (χ2v) is 8.23. The number of alkyl halides is 3. The Bertz CT molecular complexity index is 1140. The van der Waals surface area contributed by atoms with E-state index in [-0.39, 0.29) is 6.42 Å². The number of carbonyl (C=O) groups is 1. The van der Waals surface area contributed by atoms with Gasteiger partial charge in [0.15, 0.2) is 0 Å². The van der Waals surface area contributed by atoms with Crippen molar-refractivity contribution in [1.29, 1.82) is 0 Å². The lowest BCUT2D eigenvalue weighted by Gasteiger charge is -2.14. The van der Waals surface area contributed by atoms with E-state index in [4.69, 9.17) is 9.57 Å². The number of hydrogen-bond donors (Lipinski definition) is 0. The Morgan fingerprint density at radius 3 is 2.77 bits per heavy atom. The molecule has 7 nitrogen and oxygen atoms in total. The summed E-state index contributed by atoms with van der Waals surface area (Å²) in [7, 11) is 3.65. The normalized spacial score (nSPS) is 12.2. The third-order valence-electron chi connectivity index (χ3n) is 5.37. The predicted octanol–water partition coefficient (Wildman–Crippen LogP) is 4.38. The molecular formula is C25H29F3N4O3. The van der Waals surface area contributed by atoms with Crippen molar-refractivity contribution in [3.63, 3.8) is 0 Å². The number of carbonyl (C=O) groups excluding carboxylic acids is 1. The Balaban J connectivity index is 1.61. The van der Waals surface area contributed by atoms with Gasteiger partial charge in [-0.25, -0.2) is 4.98 Å². The Morgan fingerprint density at radius 1 is 1.20 bits per heavy atom. The third-order valence-corrected chi connectivity index (χ3v) is 5.37. The van der Waals surface area contributed by atoms with Crippen LogP contribution in [0.3, 0.4) is 0 Å². The number of Topliss-reactive ketones (excluding diaryl/α,β-unsaturated/α-hetero) is 1. The molecule has 0 saturated heterocycles. The van der Waals surface area contributed by atoms with Gasteiger partial charge in [-0.15, -0.1) is 0 Å². The van der Waals surface area contributed by atoms with E-state index in [0.29, 0.717) is 24.4 Å². The third kappa shape index (κ3) is 8.48. The molecule has 3 rings (SSSR count). The molecule has 0 spiro atoms. The zero-order valence-corrected chi connectivity index (χ0v) is 19.8. The number of fused-ring (bicyclic) bond motifs is 1. The highest BCUT2D eigenvalue weighted by Gasteiger charge is 2.27. The molecule has 0 N–H and O–H groups in total. The van der Waals surface area contributed by atoms with E-state index in [1.54, 1.807) is 31.7 Å². The smallest absolute Gasteiger partial charge is 0.389 e. The molecule has 0 aliphatic rings. The molecule has 0 amide bonds. The molecule has 0 aliphatic heterocycles. The van der Waals surface area contributed by atoms with E-state index in [0.717, 1.165) is 29.9 Å². The number of benzene rings is 1. The number of methoxy groups -OCH3 is 1. The summed E-state index contributed by atoms with van der Waals surface area (Å²) in [5, 5.41) is 4.01. The van der Waals surface area contributed by atoms with E-state index in [2.05, 4.69) is 15.0 Å². The number of ether oxygens (including phenoxy) is 1. The number of imidazole rings is 1. The molecule has 10 heteroatoms. The fourth-order valence-electron chi connectivity index (χ4n) is 3.43. The van der Waals surface area contributed by atoms with Crippen LogP contribution < -0.4 is 0 Å². The minimum Gasteiger partial charge on any atom is -0.394 e. The lowest BCUT2D eigenvalue weighted by Crippen LogP contribution is -2.26. The van der Waals surface area contributed by atoms with Crippen molar-refractivity contribution < 1.29 is 27.5 Å². The van der Waals surface area contributed by atoms with Crippen molar-refractivity contribution in [3.8, 4) is 11.3 Å². The molecule has 0 bridgehead atoms. The van der Waals surface area contributed by atoms with Gasteiger partial charge in [0.2, 0.25) is 0 Å². The van der Waals surface area contributed by atoms with Gasteiger partial charge in [-0.2, -0.15) is 13.2 Å². The summed E-state index contributed by atoms with van der Waals surface area (Å²) >= 11 is 0. The lowest BCUT2D eigenvalue weighted by atomic mass is 10.0. The first kappa shape index (κ1) is 26.4. The quantitative estimate of drug-likeness (QED) is 0.202. The molecule has 0 fully saturated rings. The number of aromatic nitrogens is 2. The van der Waals surface area contributed by atoms with Crippen LogP contribution in [0.4, 0.5) is 13.2 Å². The fourth-order valence-corrected chi connectivity index (χ4v) is 3.43. The number of hydrogen-bond acceptors (Lipinski definition) is 6. The van der Waals surface area contributed by atoms with Crippen LogP contribution in [0.2, 0.25) is 0 Å². The lowest BCUT2D eigenvalue weighted by molar-refractivity contribution is -0.143. The van der Waals surface area contributed by atoms with Crippen LogP contribution in [0.5, 0.6) is 0 Å². The topological polar surface area (TPSA) is 68.4 Å². The second-order valence-electron chi connectivity index (χ2n) is 8.23. The number of oxime groups is 1. The van der Waals surface area contributed by atoms with Gasteiger partial charge in [0.05, 0.1) is 31.1 Å². The molecule has 0 radical (unpaired) electrons. The monoisotopic (exact) mass is 490 g/mol. The zero-order valence-electron chi connectivity index (χ0n) is 19.8. The largest absolute Gasteiger partial charge is 0.394 e. The number of likely N-dealkylation sites (N-methyl/N-ethyl adjacent to an activating group) is 1. The summed E-state index contributed by atoms with van der Waals surface area (Å²) < 4.78 is 44.0. The molecule has 0 atom stereocenters. The first-order valence-corrected chi connectivity index (χ1v) is 11.2. The average molecular weight is 491 g/mol. The number of halogens is 3. The molecule has 0 unspecified atom stereocenters. The Labute approximate surface area is 202 Å². The van der Waals surface area contributed by atoms with E-state index in [9.17, 15) is 18.0 Å². The molecule has 2 heterocycles. The number of nitrogens with zero attached hydrogens (tertiary/aromatic N) is 4. The van der Waals surface area contributed by atoms with Gasteiger partial charge >= 0.3 is 6.18 Å². The minimum absolute atomic E-state index is 0.0383. The Morgan fingerprint density at radius 2 is 2.00 bits per heavy atom. The van der Waals surface area contributed by atoms with Gasteiger partial charge in [0.25, 0.3) is 0 Å². The van der Waals surface area contributed by atoms with E-state index >= 15 is 0 Å². The summed E-state index contributed by atoms with van der Waals surface area (Å²) in [5.74, 6) is -0.439. The van der Waals surface area contributed by atoms with Crippen LogP contribution in [0.25, 0.3) is 16.9 Å². The maximum atomic E-state index is 12.4. The van der Waals surface area contributed by atoms with Crippen molar-refractivity contribution in [2.75, 3.05) is 40.5 Å². The predicted molar refractivity (Wildman–Crippen MR) is 128 cm³/mol. The van der Waals surface area contributed by atoms with Gasteiger partial charge in [-0.05, 0) is 30.8 Å². The highest BCUT2D eigenvalue weighted by atomic mass is 19.4. The van der Waals surface area contributed by atoms with Gasteiger partial charge in [0, 0.05) is 50.4 Å². The standard InChI is InChI=1S/C25H29F3N4O3/c1-31(10-12-34-2)11-13-35-30-17-20-7-9-32-23(18-29-24(32)16-20)21-5-3-4-19(14-21)15-22(33)6-8-25(26,27)28/h3-5,7,9,14,16-18H,6,8,10-13,15H2,1-2H3/b30-17-. The molecular weight excluding hydrogens is 461 g/mol. The van der Waals surface area contributed by atoms with Crippen molar-refractivity contribution in [2.24, 2.45) is 5.16 Å². The average Bonchev–Trinajstić information content (AvgIpc) is 3.24. The first-order chi connectivity index (χ1) is 16.7. The molecule has 188 valence electrons. The van der Waals surface area contributed by atoms with Crippen LogP contribution in [-0.4, -0.2) is 72.9 Å². The maximum absolute atomic E-state index is 12.4. The van der Waals surface area contributed by atoms with Crippen LogP contribution >= 0.6 is 0 Å².